The van der Waals surface area contributed by atoms with Gasteiger partial charge in [-0.15, -0.1) is 0 Å². The van der Waals surface area contributed by atoms with Gasteiger partial charge in [0, 0.05) is 24.3 Å². The lowest BCUT2D eigenvalue weighted by Crippen LogP contribution is -2.11. The van der Waals surface area contributed by atoms with Crippen LogP contribution >= 0.6 is 11.6 Å². The van der Waals surface area contributed by atoms with E-state index in [2.05, 4.69) is 32.7 Å². The largest absolute Gasteiger partial charge is 0.497 e. The highest BCUT2D eigenvalue weighted by atomic mass is 35.5. The molecule has 0 aliphatic rings. The number of anilines is 2. The van der Waals surface area contributed by atoms with E-state index >= 15 is 0 Å². The van der Waals surface area contributed by atoms with Gasteiger partial charge in [0.1, 0.15) is 11.6 Å². The standard InChI is InChI=1S/C21H23ClN4O/c1-27-19-8-4-17(5-9-19)11-14-24-21-25-15-12-20(26-21)23-13-10-16-2-6-18(22)7-3-16/h2-9,12,15H,10-11,13-14H2,1H3,(H2,23,24,25,26). The van der Waals surface area contributed by atoms with Gasteiger partial charge in [-0.1, -0.05) is 35.9 Å². The zero-order valence-corrected chi connectivity index (χ0v) is 16.0. The van der Waals surface area contributed by atoms with Crippen molar-refractivity contribution in [2.75, 3.05) is 30.8 Å². The van der Waals surface area contributed by atoms with Crippen molar-refractivity contribution >= 4 is 23.4 Å². The van der Waals surface area contributed by atoms with E-state index in [1.165, 1.54) is 11.1 Å². The van der Waals surface area contributed by atoms with Gasteiger partial charge in [0.2, 0.25) is 5.95 Å². The van der Waals surface area contributed by atoms with Crippen LogP contribution in [0.2, 0.25) is 5.02 Å². The lowest BCUT2D eigenvalue weighted by Gasteiger charge is -2.09. The molecule has 0 radical (unpaired) electrons. The van der Waals surface area contributed by atoms with E-state index in [0.717, 1.165) is 42.5 Å². The van der Waals surface area contributed by atoms with Gasteiger partial charge in [-0.25, -0.2) is 4.98 Å². The van der Waals surface area contributed by atoms with Crippen LogP contribution in [-0.2, 0) is 12.8 Å². The molecule has 0 bridgehead atoms. The van der Waals surface area contributed by atoms with Crippen LogP contribution in [0.1, 0.15) is 11.1 Å². The van der Waals surface area contributed by atoms with Gasteiger partial charge in [0.05, 0.1) is 7.11 Å². The normalized spacial score (nSPS) is 10.4. The highest BCUT2D eigenvalue weighted by molar-refractivity contribution is 6.30. The summed E-state index contributed by atoms with van der Waals surface area (Å²) in [6.45, 7) is 1.56. The molecule has 0 saturated heterocycles. The van der Waals surface area contributed by atoms with Gasteiger partial charge < -0.3 is 15.4 Å². The fourth-order valence-corrected chi connectivity index (χ4v) is 2.77. The second-order valence-electron chi connectivity index (χ2n) is 6.09. The Morgan fingerprint density at radius 3 is 2.15 bits per heavy atom. The number of aromatic nitrogens is 2. The topological polar surface area (TPSA) is 59.1 Å². The van der Waals surface area contributed by atoms with Crippen molar-refractivity contribution in [3.8, 4) is 5.75 Å². The van der Waals surface area contributed by atoms with Crippen molar-refractivity contribution < 1.29 is 4.74 Å². The van der Waals surface area contributed by atoms with Crippen LogP contribution in [0.3, 0.4) is 0 Å². The number of rotatable bonds is 9. The fraction of sp³-hybridized carbons (Fsp3) is 0.238. The highest BCUT2D eigenvalue weighted by Crippen LogP contribution is 2.13. The molecule has 3 aromatic rings. The van der Waals surface area contributed by atoms with Crippen LogP contribution in [0.15, 0.2) is 60.8 Å². The third-order valence-electron chi connectivity index (χ3n) is 4.14. The van der Waals surface area contributed by atoms with Gasteiger partial charge in [-0.05, 0) is 54.3 Å². The van der Waals surface area contributed by atoms with Gasteiger partial charge in [0.25, 0.3) is 0 Å². The quantitative estimate of drug-likeness (QED) is 0.572. The van der Waals surface area contributed by atoms with E-state index in [1.807, 2.05) is 42.5 Å². The summed E-state index contributed by atoms with van der Waals surface area (Å²) in [5, 5.41) is 7.36. The highest BCUT2D eigenvalue weighted by Gasteiger charge is 2.00. The van der Waals surface area contributed by atoms with Crippen molar-refractivity contribution in [3.63, 3.8) is 0 Å². The average molecular weight is 383 g/mol. The number of ether oxygens (including phenoxy) is 1. The van der Waals surface area contributed by atoms with Gasteiger partial charge >= 0.3 is 0 Å². The van der Waals surface area contributed by atoms with Crippen molar-refractivity contribution in [1.29, 1.82) is 0 Å². The summed E-state index contributed by atoms with van der Waals surface area (Å²) in [4.78, 5) is 8.78. The van der Waals surface area contributed by atoms with Crippen molar-refractivity contribution in [1.82, 2.24) is 9.97 Å². The van der Waals surface area contributed by atoms with Crippen LogP contribution in [-0.4, -0.2) is 30.2 Å². The van der Waals surface area contributed by atoms with Crippen LogP contribution in [0, 0.1) is 0 Å². The molecule has 0 saturated carbocycles. The summed E-state index contributed by atoms with van der Waals surface area (Å²) in [7, 11) is 1.67. The Morgan fingerprint density at radius 2 is 1.48 bits per heavy atom. The number of hydrogen-bond donors (Lipinski definition) is 2. The van der Waals surface area contributed by atoms with Gasteiger partial charge in [0.15, 0.2) is 0 Å². The zero-order chi connectivity index (χ0) is 18.9. The zero-order valence-electron chi connectivity index (χ0n) is 15.3. The summed E-state index contributed by atoms with van der Waals surface area (Å²) in [5.74, 6) is 2.30. The van der Waals surface area contributed by atoms with E-state index in [1.54, 1.807) is 13.3 Å². The molecule has 1 heterocycles. The molecule has 0 aliphatic heterocycles. The van der Waals surface area contributed by atoms with Crippen molar-refractivity contribution in [2.24, 2.45) is 0 Å². The first kappa shape index (κ1) is 19.0. The van der Waals surface area contributed by atoms with Crippen LogP contribution in [0.25, 0.3) is 0 Å². The Hall–Kier alpha value is -2.79. The summed E-state index contributed by atoms with van der Waals surface area (Å²) < 4.78 is 5.17. The molecule has 2 aromatic carbocycles. The Balaban J connectivity index is 1.44. The van der Waals surface area contributed by atoms with E-state index in [0.29, 0.717) is 5.95 Å². The summed E-state index contributed by atoms with van der Waals surface area (Å²) >= 11 is 5.91. The Morgan fingerprint density at radius 1 is 0.852 bits per heavy atom. The minimum Gasteiger partial charge on any atom is -0.497 e. The molecule has 0 fully saturated rings. The smallest absolute Gasteiger partial charge is 0.224 e. The SMILES string of the molecule is COc1ccc(CCNc2nccc(NCCc3ccc(Cl)cc3)n2)cc1. The Bertz CT molecular complexity index is 838. The molecule has 0 amide bonds. The molecule has 6 heteroatoms. The van der Waals surface area contributed by atoms with E-state index < -0.39 is 0 Å². The number of halogens is 1. The molecule has 0 atom stereocenters. The first-order valence-corrected chi connectivity index (χ1v) is 9.29. The summed E-state index contributed by atoms with van der Waals surface area (Å²) in [6, 6.07) is 17.8. The van der Waals surface area contributed by atoms with Crippen LogP contribution in [0.4, 0.5) is 11.8 Å². The number of methoxy groups -OCH3 is 1. The molecular formula is C21H23ClN4O. The van der Waals surface area contributed by atoms with Crippen molar-refractivity contribution in [3.05, 3.63) is 76.9 Å². The van der Waals surface area contributed by atoms with E-state index in [9.17, 15) is 0 Å². The molecule has 0 spiro atoms. The van der Waals surface area contributed by atoms with Gasteiger partial charge in [-0.2, -0.15) is 4.98 Å². The molecule has 2 N–H and O–H groups in total. The predicted molar refractivity (Wildman–Crippen MR) is 111 cm³/mol. The maximum atomic E-state index is 5.91. The maximum Gasteiger partial charge on any atom is 0.224 e. The number of hydrogen-bond acceptors (Lipinski definition) is 5. The number of nitrogens with zero attached hydrogens (tertiary/aromatic N) is 2. The minimum absolute atomic E-state index is 0.625. The third kappa shape index (κ3) is 6.15. The lowest BCUT2D eigenvalue weighted by molar-refractivity contribution is 0.414. The number of nitrogens with one attached hydrogen (secondary N) is 2. The molecule has 0 unspecified atom stereocenters. The monoisotopic (exact) mass is 382 g/mol. The van der Waals surface area contributed by atoms with Crippen LogP contribution in [0.5, 0.6) is 5.75 Å². The molecule has 5 nitrogen and oxygen atoms in total. The molecule has 27 heavy (non-hydrogen) atoms. The molecule has 1 aromatic heterocycles. The molecular weight excluding hydrogens is 360 g/mol. The first-order chi connectivity index (χ1) is 13.2. The van der Waals surface area contributed by atoms with Gasteiger partial charge in [-0.3, -0.25) is 0 Å². The summed E-state index contributed by atoms with van der Waals surface area (Å²) in [6.07, 6.45) is 3.55. The lowest BCUT2D eigenvalue weighted by atomic mass is 10.1. The maximum absolute atomic E-state index is 5.91. The molecule has 0 aliphatic carbocycles. The average Bonchev–Trinajstić information content (AvgIpc) is 2.70. The second-order valence-corrected chi connectivity index (χ2v) is 6.53. The second kappa shape index (κ2) is 9.78. The van der Waals surface area contributed by atoms with Crippen molar-refractivity contribution in [2.45, 2.75) is 12.8 Å². The third-order valence-corrected chi connectivity index (χ3v) is 4.40. The summed E-state index contributed by atoms with van der Waals surface area (Å²) in [5.41, 5.74) is 2.47. The van der Waals surface area contributed by atoms with Crippen LogP contribution < -0.4 is 15.4 Å². The Kier molecular flexibility index (Phi) is 6.88. The van der Waals surface area contributed by atoms with E-state index in [4.69, 9.17) is 16.3 Å². The number of benzene rings is 2. The predicted octanol–water partition coefficient (Wildman–Crippen LogP) is 4.45. The van der Waals surface area contributed by atoms with E-state index in [-0.39, 0.29) is 0 Å². The fourth-order valence-electron chi connectivity index (χ4n) is 2.64. The Labute approximate surface area is 164 Å². The minimum atomic E-state index is 0.625. The molecule has 140 valence electrons. The molecule has 3 rings (SSSR count). The first-order valence-electron chi connectivity index (χ1n) is 8.91.